The number of hydrogen-bond acceptors (Lipinski definition) is 2. The molecule has 0 aliphatic carbocycles. The van der Waals surface area contributed by atoms with Crippen LogP contribution >= 0.6 is 15.9 Å². The first kappa shape index (κ1) is 13.5. The molecule has 0 saturated carbocycles. The highest BCUT2D eigenvalue weighted by Crippen LogP contribution is 2.20. The van der Waals surface area contributed by atoms with E-state index < -0.39 is 0 Å². The van der Waals surface area contributed by atoms with E-state index >= 15 is 0 Å². The van der Waals surface area contributed by atoms with Crippen molar-refractivity contribution in [1.29, 1.82) is 0 Å². The van der Waals surface area contributed by atoms with Gasteiger partial charge in [0.15, 0.2) is 0 Å². The fourth-order valence-electron chi connectivity index (χ4n) is 1.73. The molecule has 0 unspecified atom stereocenters. The molecule has 0 radical (unpaired) electrons. The minimum absolute atomic E-state index is 0.0666. The molecule has 0 fully saturated rings. The summed E-state index contributed by atoms with van der Waals surface area (Å²) in [5, 5.41) is 2.76. The van der Waals surface area contributed by atoms with Gasteiger partial charge in [-0.2, -0.15) is 0 Å². The molecule has 1 N–H and O–H groups in total. The summed E-state index contributed by atoms with van der Waals surface area (Å²) in [4.78, 5) is 21.4. The molecule has 1 aliphatic rings. The summed E-state index contributed by atoms with van der Waals surface area (Å²) < 4.78 is -0.0666. The molecule has 19 heavy (non-hydrogen) atoms. The Balaban J connectivity index is 0.000000141. The van der Waals surface area contributed by atoms with Gasteiger partial charge in [-0.15, -0.1) is 0 Å². The third-order valence-corrected chi connectivity index (χ3v) is 3.10. The lowest BCUT2D eigenvalue weighted by Crippen LogP contribution is -2.03. The Bertz CT molecular complexity index is 569. The molecule has 0 saturated heterocycles. The SMILES string of the molecule is O=C(Br)c1ccccc1.O=C1Cc2ccccc2N1. The van der Waals surface area contributed by atoms with E-state index in [-0.39, 0.29) is 10.6 Å². The molecule has 0 spiro atoms. The molecule has 1 aliphatic heterocycles. The molecule has 2 aromatic rings. The molecule has 4 heteroatoms. The fraction of sp³-hybridized carbons (Fsp3) is 0.0667. The van der Waals surface area contributed by atoms with Crippen LogP contribution in [0.15, 0.2) is 54.6 Å². The Morgan fingerprint density at radius 1 is 1.00 bits per heavy atom. The van der Waals surface area contributed by atoms with Crippen LogP contribution < -0.4 is 5.32 Å². The normalized spacial score (nSPS) is 11.9. The molecular weight excluding hydrogens is 306 g/mol. The minimum atomic E-state index is -0.0666. The van der Waals surface area contributed by atoms with Gasteiger partial charge >= 0.3 is 0 Å². The van der Waals surface area contributed by atoms with E-state index in [0.717, 1.165) is 11.3 Å². The molecule has 3 nitrogen and oxygen atoms in total. The second-order valence-electron chi connectivity index (χ2n) is 4.02. The minimum Gasteiger partial charge on any atom is -0.326 e. The van der Waals surface area contributed by atoms with E-state index in [2.05, 4.69) is 21.2 Å². The summed E-state index contributed by atoms with van der Waals surface area (Å²) in [6.45, 7) is 0. The Morgan fingerprint density at radius 2 is 1.63 bits per heavy atom. The first-order chi connectivity index (χ1) is 9.16. The van der Waals surface area contributed by atoms with Gasteiger partial charge in [-0.05, 0) is 27.6 Å². The zero-order valence-corrected chi connectivity index (χ0v) is 11.7. The molecular formula is C15H12BrNO2. The van der Waals surface area contributed by atoms with Crippen molar-refractivity contribution in [1.82, 2.24) is 0 Å². The third kappa shape index (κ3) is 3.76. The summed E-state index contributed by atoms with van der Waals surface area (Å²) in [7, 11) is 0. The van der Waals surface area contributed by atoms with Crippen molar-refractivity contribution in [3.63, 3.8) is 0 Å². The lowest BCUT2D eigenvalue weighted by atomic mass is 10.2. The van der Waals surface area contributed by atoms with E-state index in [4.69, 9.17) is 0 Å². The quantitative estimate of drug-likeness (QED) is 0.819. The number of hydrogen-bond donors (Lipinski definition) is 1. The van der Waals surface area contributed by atoms with Crippen molar-refractivity contribution >= 4 is 32.2 Å². The topological polar surface area (TPSA) is 46.2 Å². The monoisotopic (exact) mass is 317 g/mol. The van der Waals surface area contributed by atoms with Crippen molar-refractivity contribution < 1.29 is 9.59 Å². The maximum Gasteiger partial charge on any atom is 0.228 e. The van der Waals surface area contributed by atoms with E-state index in [9.17, 15) is 9.59 Å². The zero-order valence-electron chi connectivity index (χ0n) is 10.1. The van der Waals surface area contributed by atoms with Gasteiger partial charge in [0.05, 0.1) is 6.42 Å². The van der Waals surface area contributed by atoms with Gasteiger partial charge in [0.1, 0.15) is 0 Å². The van der Waals surface area contributed by atoms with Crippen molar-refractivity contribution in [2.75, 3.05) is 5.32 Å². The molecule has 2 aromatic carbocycles. The van der Waals surface area contributed by atoms with Crippen LogP contribution in [0.25, 0.3) is 0 Å². The van der Waals surface area contributed by atoms with Crippen molar-refractivity contribution in [2.45, 2.75) is 6.42 Å². The lowest BCUT2D eigenvalue weighted by molar-refractivity contribution is -0.115. The Hall–Kier alpha value is -1.94. The van der Waals surface area contributed by atoms with Crippen LogP contribution in [-0.2, 0) is 11.2 Å². The first-order valence-electron chi connectivity index (χ1n) is 5.79. The van der Waals surface area contributed by atoms with Crippen LogP contribution in [0, 0.1) is 0 Å². The van der Waals surface area contributed by atoms with Gasteiger partial charge in [-0.1, -0.05) is 48.5 Å². The van der Waals surface area contributed by atoms with Crippen molar-refractivity contribution in [3.8, 4) is 0 Å². The molecule has 0 aromatic heterocycles. The second-order valence-corrected chi connectivity index (χ2v) is 4.74. The Kier molecular flexibility index (Phi) is 4.47. The number of amides is 1. The van der Waals surface area contributed by atoms with E-state index in [1.807, 2.05) is 42.5 Å². The number of carbonyl (C=O) groups excluding carboxylic acids is 2. The highest BCUT2D eigenvalue weighted by Gasteiger charge is 2.15. The number of carbonyl (C=O) groups is 2. The molecule has 0 atom stereocenters. The molecule has 1 amide bonds. The summed E-state index contributed by atoms with van der Waals surface area (Å²) in [6, 6.07) is 16.8. The summed E-state index contributed by atoms with van der Waals surface area (Å²) in [6.07, 6.45) is 0.538. The van der Waals surface area contributed by atoms with Crippen molar-refractivity contribution in [2.24, 2.45) is 0 Å². The average Bonchev–Trinajstić information content (AvgIpc) is 2.80. The molecule has 0 bridgehead atoms. The van der Waals surface area contributed by atoms with Crippen LogP contribution in [0.5, 0.6) is 0 Å². The smallest absolute Gasteiger partial charge is 0.228 e. The summed E-state index contributed by atoms with van der Waals surface area (Å²) in [5.74, 6) is 0.0983. The number of halogens is 1. The maximum atomic E-state index is 10.8. The molecule has 96 valence electrons. The van der Waals surface area contributed by atoms with Crippen LogP contribution in [0.3, 0.4) is 0 Å². The Morgan fingerprint density at radius 3 is 2.21 bits per heavy atom. The fourth-order valence-corrected chi connectivity index (χ4v) is 2.00. The zero-order chi connectivity index (χ0) is 13.7. The number of fused-ring (bicyclic) bond motifs is 1. The highest BCUT2D eigenvalue weighted by atomic mass is 79.9. The number of anilines is 1. The first-order valence-corrected chi connectivity index (χ1v) is 6.59. The van der Waals surface area contributed by atoms with Crippen LogP contribution in [0.1, 0.15) is 15.9 Å². The van der Waals surface area contributed by atoms with E-state index in [0.29, 0.717) is 12.0 Å². The largest absolute Gasteiger partial charge is 0.326 e. The van der Waals surface area contributed by atoms with Gasteiger partial charge < -0.3 is 5.32 Å². The number of rotatable bonds is 1. The summed E-state index contributed by atoms with van der Waals surface area (Å²) >= 11 is 2.84. The van der Waals surface area contributed by atoms with Crippen LogP contribution in [-0.4, -0.2) is 10.6 Å². The average molecular weight is 318 g/mol. The summed E-state index contributed by atoms with van der Waals surface area (Å²) in [5.41, 5.74) is 2.76. The van der Waals surface area contributed by atoms with Gasteiger partial charge in [0, 0.05) is 11.3 Å². The van der Waals surface area contributed by atoms with Crippen LogP contribution in [0.2, 0.25) is 0 Å². The third-order valence-electron chi connectivity index (χ3n) is 2.64. The number of nitrogens with one attached hydrogen (secondary N) is 1. The van der Waals surface area contributed by atoms with Gasteiger partial charge in [0.25, 0.3) is 0 Å². The van der Waals surface area contributed by atoms with E-state index in [1.165, 1.54) is 0 Å². The lowest BCUT2D eigenvalue weighted by Gasteiger charge is -1.93. The van der Waals surface area contributed by atoms with Gasteiger partial charge in [-0.3, -0.25) is 9.59 Å². The van der Waals surface area contributed by atoms with Crippen molar-refractivity contribution in [3.05, 3.63) is 65.7 Å². The predicted molar refractivity (Wildman–Crippen MR) is 78.5 cm³/mol. The number of benzene rings is 2. The maximum absolute atomic E-state index is 10.8. The Labute approximate surface area is 119 Å². The highest BCUT2D eigenvalue weighted by molar-refractivity contribution is 9.18. The van der Waals surface area contributed by atoms with Gasteiger partial charge in [0.2, 0.25) is 10.6 Å². The molecule has 3 rings (SSSR count). The van der Waals surface area contributed by atoms with E-state index in [1.54, 1.807) is 12.1 Å². The number of para-hydroxylation sites is 1. The van der Waals surface area contributed by atoms with Gasteiger partial charge in [-0.25, -0.2) is 0 Å². The van der Waals surface area contributed by atoms with Crippen LogP contribution in [0.4, 0.5) is 5.69 Å². The molecule has 1 heterocycles. The second kappa shape index (κ2) is 6.29. The standard InChI is InChI=1S/C8H7NO.C7H5BrO/c10-8-5-6-3-1-2-4-7(6)9-8;8-7(9)6-4-2-1-3-5-6/h1-4H,5H2,(H,9,10);1-5H. The predicted octanol–water partition coefficient (Wildman–Crippen LogP) is 3.40.